The van der Waals surface area contributed by atoms with Gasteiger partial charge in [0, 0.05) is 23.8 Å². The lowest BCUT2D eigenvalue weighted by molar-refractivity contribution is -0.123. The van der Waals surface area contributed by atoms with Crippen LogP contribution in [0, 0.1) is 0 Å². The number of nitrogens with zero attached hydrogens (tertiary/aromatic N) is 2. The summed E-state index contributed by atoms with van der Waals surface area (Å²) >= 11 is 1.70. The maximum absolute atomic E-state index is 12.8. The van der Waals surface area contributed by atoms with Gasteiger partial charge in [0.1, 0.15) is 0 Å². The molecule has 0 spiro atoms. The molecule has 0 aliphatic heterocycles. The number of thioether (sulfide) groups is 1. The fourth-order valence-corrected chi connectivity index (χ4v) is 2.93. The molecule has 0 bridgehead atoms. The average Bonchev–Trinajstić information content (AvgIpc) is 3.15. The minimum absolute atomic E-state index is 0.0705. The summed E-state index contributed by atoms with van der Waals surface area (Å²) in [7, 11) is 0. The molecule has 3 aromatic rings. The second kappa shape index (κ2) is 7.84. The van der Waals surface area contributed by atoms with Crippen LogP contribution in [0.4, 0.5) is 0 Å². The lowest BCUT2D eigenvalue weighted by Gasteiger charge is -2.18. The zero-order chi connectivity index (χ0) is 16.8. The molecule has 24 heavy (non-hydrogen) atoms. The van der Waals surface area contributed by atoms with E-state index in [2.05, 4.69) is 22.5 Å². The Hall–Kier alpha value is -2.53. The Morgan fingerprint density at radius 2 is 1.88 bits per heavy atom. The van der Waals surface area contributed by atoms with Crippen LogP contribution in [0.25, 0.3) is 0 Å². The van der Waals surface area contributed by atoms with E-state index < -0.39 is 6.04 Å². The third-order valence-electron chi connectivity index (χ3n) is 3.78. The summed E-state index contributed by atoms with van der Waals surface area (Å²) in [5.41, 5.74) is 1.99. The third kappa shape index (κ3) is 3.86. The zero-order valence-electron chi connectivity index (χ0n) is 13.4. The van der Waals surface area contributed by atoms with E-state index in [1.54, 1.807) is 22.6 Å². The van der Waals surface area contributed by atoms with E-state index >= 15 is 0 Å². The molecule has 0 aliphatic carbocycles. The van der Waals surface area contributed by atoms with Crippen molar-refractivity contribution in [3.8, 4) is 0 Å². The van der Waals surface area contributed by atoms with Gasteiger partial charge < -0.3 is 5.32 Å². The first-order valence-electron chi connectivity index (χ1n) is 7.72. The highest BCUT2D eigenvalue weighted by Crippen LogP contribution is 2.18. The molecule has 0 saturated carbocycles. The molecular weight excluding hydrogens is 318 g/mol. The predicted octanol–water partition coefficient (Wildman–Crippen LogP) is 3.51. The van der Waals surface area contributed by atoms with Gasteiger partial charge in [0.05, 0.1) is 0 Å². The molecule has 0 saturated heterocycles. The van der Waals surface area contributed by atoms with Gasteiger partial charge in [0.15, 0.2) is 6.04 Å². The number of hydrogen-bond donors (Lipinski definition) is 1. The summed E-state index contributed by atoms with van der Waals surface area (Å²) in [4.78, 5) is 14.0. The standard InChI is InChI=1S/C19H19N3OS/c1-24-17-10-8-15(9-11-17)14-20-19(23)18(22-13-5-12-21-22)16-6-3-2-4-7-16/h2-13,18H,14H2,1H3,(H,20,23)/t18-/m0/s1. The van der Waals surface area contributed by atoms with E-state index in [0.29, 0.717) is 6.54 Å². The zero-order valence-corrected chi connectivity index (χ0v) is 14.2. The number of benzene rings is 2. The van der Waals surface area contributed by atoms with Crippen molar-refractivity contribution in [1.82, 2.24) is 15.1 Å². The van der Waals surface area contributed by atoms with Crippen molar-refractivity contribution >= 4 is 17.7 Å². The van der Waals surface area contributed by atoms with Gasteiger partial charge in [-0.2, -0.15) is 5.10 Å². The predicted molar refractivity (Wildman–Crippen MR) is 96.9 cm³/mol. The van der Waals surface area contributed by atoms with Crippen molar-refractivity contribution in [1.29, 1.82) is 0 Å². The van der Waals surface area contributed by atoms with E-state index in [1.807, 2.05) is 61.0 Å². The van der Waals surface area contributed by atoms with Crippen LogP contribution >= 0.6 is 11.8 Å². The fourth-order valence-electron chi connectivity index (χ4n) is 2.52. The second-order valence-electron chi connectivity index (χ2n) is 5.37. The largest absolute Gasteiger partial charge is 0.350 e. The molecule has 1 heterocycles. The van der Waals surface area contributed by atoms with Crippen LogP contribution in [0.1, 0.15) is 17.2 Å². The minimum Gasteiger partial charge on any atom is -0.350 e. The molecule has 0 aliphatic rings. The van der Waals surface area contributed by atoms with Gasteiger partial charge in [-0.3, -0.25) is 9.48 Å². The van der Waals surface area contributed by atoms with Gasteiger partial charge in [0.25, 0.3) is 0 Å². The average molecular weight is 337 g/mol. The Kier molecular flexibility index (Phi) is 5.33. The molecule has 0 fully saturated rings. The maximum Gasteiger partial charge on any atom is 0.249 e. The Bertz CT molecular complexity index is 770. The van der Waals surface area contributed by atoms with E-state index in [0.717, 1.165) is 11.1 Å². The lowest BCUT2D eigenvalue weighted by atomic mass is 10.1. The summed E-state index contributed by atoms with van der Waals surface area (Å²) in [5, 5.41) is 7.26. The van der Waals surface area contributed by atoms with Gasteiger partial charge in [-0.05, 0) is 35.6 Å². The van der Waals surface area contributed by atoms with E-state index in [1.165, 1.54) is 4.90 Å². The molecule has 1 aromatic heterocycles. The molecule has 1 N–H and O–H groups in total. The summed E-state index contributed by atoms with van der Waals surface area (Å²) in [6.07, 6.45) is 5.54. The second-order valence-corrected chi connectivity index (χ2v) is 6.24. The van der Waals surface area contributed by atoms with Crippen molar-refractivity contribution in [2.24, 2.45) is 0 Å². The van der Waals surface area contributed by atoms with Gasteiger partial charge in [0.2, 0.25) is 5.91 Å². The van der Waals surface area contributed by atoms with Crippen LogP contribution in [-0.4, -0.2) is 21.9 Å². The van der Waals surface area contributed by atoms with Gasteiger partial charge in [-0.15, -0.1) is 11.8 Å². The van der Waals surface area contributed by atoms with Crippen LogP contribution in [0.3, 0.4) is 0 Å². The van der Waals surface area contributed by atoms with Crippen molar-refractivity contribution in [3.63, 3.8) is 0 Å². The molecule has 3 rings (SSSR count). The Labute approximate surface area is 145 Å². The summed E-state index contributed by atoms with van der Waals surface area (Å²) in [5.74, 6) is -0.0705. The number of hydrogen-bond acceptors (Lipinski definition) is 3. The molecule has 122 valence electrons. The smallest absolute Gasteiger partial charge is 0.249 e. The Morgan fingerprint density at radius 3 is 2.50 bits per heavy atom. The van der Waals surface area contributed by atoms with Crippen LogP contribution in [0.5, 0.6) is 0 Å². The number of nitrogens with one attached hydrogen (secondary N) is 1. The summed E-state index contributed by atoms with van der Waals surface area (Å²) < 4.78 is 1.68. The first-order chi connectivity index (χ1) is 11.8. The molecule has 4 nitrogen and oxygen atoms in total. The topological polar surface area (TPSA) is 46.9 Å². The fraction of sp³-hybridized carbons (Fsp3) is 0.158. The number of amides is 1. The first-order valence-corrected chi connectivity index (χ1v) is 8.95. The number of rotatable bonds is 6. The molecular formula is C19H19N3OS. The summed E-state index contributed by atoms with van der Waals surface area (Å²) in [6.45, 7) is 0.498. The third-order valence-corrected chi connectivity index (χ3v) is 4.52. The number of carbonyl (C=O) groups is 1. The monoisotopic (exact) mass is 337 g/mol. The molecule has 1 amide bonds. The van der Waals surface area contributed by atoms with Gasteiger partial charge >= 0.3 is 0 Å². The Balaban J connectivity index is 1.74. The molecule has 0 radical (unpaired) electrons. The Morgan fingerprint density at radius 1 is 1.12 bits per heavy atom. The SMILES string of the molecule is CSc1ccc(CNC(=O)[C@H](c2ccccc2)n2cccn2)cc1. The maximum atomic E-state index is 12.8. The van der Waals surface area contributed by atoms with Crippen molar-refractivity contribution in [2.45, 2.75) is 17.5 Å². The van der Waals surface area contributed by atoms with E-state index in [-0.39, 0.29) is 5.91 Å². The van der Waals surface area contributed by atoms with Crippen LogP contribution in [0.2, 0.25) is 0 Å². The highest BCUT2D eigenvalue weighted by Gasteiger charge is 2.22. The van der Waals surface area contributed by atoms with E-state index in [4.69, 9.17) is 0 Å². The van der Waals surface area contributed by atoms with Crippen molar-refractivity contribution in [2.75, 3.05) is 6.26 Å². The van der Waals surface area contributed by atoms with E-state index in [9.17, 15) is 4.79 Å². The normalized spacial score (nSPS) is 11.9. The highest BCUT2D eigenvalue weighted by molar-refractivity contribution is 7.98. The molecule has 0 unspecified atom stereocenters. The number of aromatic nitrogens is 2. The molecule has 2 aromatic carbocycles. The highest BCUT2D eigenvalue weighted by atomic mass is 32.2. The first kappa shape index (κ1) is 16.3. The number of carbonyl (C=O) groups excluding carboxylic acids is 1. The van der Waals surface area contributed by atoms with Crippen LogP contribution < -0.4 is 5.32 Å². The van der Waals surface area contributed by atoms with Crippen LogP contribution in [0.15, 0.2) is 78.0 Å². The van der Waals surface area contributed by atoms with Crippen molar-refractivity contribution in [3.05, 3.63) is 84.2 Å². The minimum atomic E-state index is -0.466. The summed E-state index contributed by atoms with van der Waals surface area (Å²) in [6, 6.07) is 19.3. The van der Waals surface area contributed by atoms with Crippen molar-refractivity contribution < 1.29 is 4.79 Å². The molecule has 5 heteroatoms. The van der Waals surface area contributed by atoms with Gasteiger partial charge in [-0.25, -0.2) is 0 Å². The van der Waals surface area contributed by atoms with Crippen LogP contribution in [-0.2, 0) is 11.3 Å². The quantitative estimate of drug-likeness (QED) is 0.700. The lowest BCUT2D eigenvalue weighted by Crippen LogP contribution is -2.33. The van der Waals surface area contributed by atoms with Gasteiger partial charge in [-0.1, -0.05) is 42.5 Å². The molecule has 1 atom stereocenters.